The molecule has 1 radical (unpaired) electrons. The Morgan fingerprint density at radius 1 is 1.78 bits per heavy atom. The Morgan fingerprint density at radius 3 is 2.67 bits per heavy atom. The van der Waals surface area contributed by atoms with E-state index in [9.17, 15) is 4.79 Å². The fourth-order valence-electron chi connectivity index (χ4n) is 0.300. The van der Waals surface area contributed by atoms with Gasteiger partial charge in [-0.15, -0.1) is 0 Å². The number of hydrogen-bond acceptors (Lipinski definition) is 4. The Hall–Kier alpha value is -1.06. The summed E-state index contributed by atoms with van der Waals surface area (Å²) in [4.78, 5) is 14.8. The van der Waals surface area contributed by atoms with E-state index in [4.69, 9.17) is 0 Å². The molecule has 51 valence electrons. The van der Waals surface area contributed by atoms with Crippen LogP contribution in [0, 0.1) is 0 Å². The van der Waals surface area contributed by atoms with Crippen LogP contribution >= 0.6 is 0 Å². The van der Waals surface area contributed by atoms with Crippen LogP contribution in [-0.2, 0) is 14.4 Å². The first kappa shape index (κ1) is 7.94. The van der Waals surface area contributed by atoms with Crippen molar-refractivity contribution in [2.75, 3.05) is 7.11 Å². The molecule has 0 heterocycles. The van der Waals surface area contributed by atoms with Crippen molar-refractivity contribution >= 4 is 12.7 Å². The summed E-state index contributed by atoms with van der Waals surface area (Å²) in [5.41, 5.74) is 0. The van der Waals surface area contributed by atoms with Crippen molar-refractivity contribution in [2.24, 2.45) is 5.16 Å². The molecule has 0 saturated heterocycles. The zero-order valence-electron chi connectivity index (χ0n) is 5.33. The van der Waals surface area contributed by atoms with Crippen molar-refractivity contribution in [1.82, 2.24) is 0 Å². The van der Waals surface area contributed by atoms with E-state index in [1.807, 2.05) is 0 Å². The molecular weight excluding hydrogens is 122 g/mol. The van der Waals surface area contributed by atoms with Gasteiger partial charge in [-0.2, -0.15) is 0 Å². The Bertz CT molecular complexity index is 113. The monoisotopic (exact) mass is 130 g/mol. The summed E-state index contributed by atoms with van der Waals surface area (Å²) >= 11 is 0. The minimum atomic E-state index is -0.722. The van der Waals surface area contributed by atoms with Crippen LogP contribution in [0.1, 0.15) is 6.92 Å². The van der Waals surface area contributed by atoms with Gasteiger partial charge in [-0.25, -0.2) is 4.79 Å². The predicted octanol–water partition coefficient (Wildman–Crippen LogP) is 0.0571. The van der Waals surface area contributed by atoms with Gasteiger partial charge in [-0.05, 0) is 6.92 Å². The molecule has 0 aliphatic carbocycles. The molecule has 0 aliphatic rings. The van der Waals surface area contributed by atoms with Gasteiger partial charge in [-0.1, -0.05) is 5.16 Å². The Labute approximate surface area is 53.4 Å². The SMILES string of the molecule is [CH]=NOC(C)C(=O)OC. The second-order valence-corrected chi connectivity index (χ2v) is 1.38. The van der Waals surface area contributed by atoms with Crippen LogP contribution in [0.4, 0.5) is 0 Å². The highest BCUT2D eigenvalue weighted by molar-refractivity contribution is 5.73. The maximum Gasteiger partial charge on any atom is 0.349 e. The van der Waals surface area contributed by atoms with E-state index in [0.717, 1.165) is 0 Å². The smallest absolute Gasteiger partial charge is 0.349 e. The summed E-state index contributed by atoms with van der Waals surface area (Å²) in [6.07, 6.45) is -0.722. The summed E-state index contributed by atoms with van der Waals surface area (Å²) in [6, 6.07) is 0. The molecule has 0 amide bonds. The van der Waals surface area contributed by atoms with E-state index in [1.165, 1.54) is 14.0 Å². The predicted molar refractivity (Wildman–Crippen MR) is 31.1 cm³/mol. The molecule has 0 aliphatic heterocycles. The summed E-state index contributed by atoms with van der Waals surface area (Å²) in [6.45, 7) is 6.11. The number of nitrogens with zero attached hydrogens (tertiary/aromatic N) is 1. The number of ether oxygens (including phenoxy) is 1. The molecule has 0 aromatic carbocycles. The van der Waals surface area contributed by atoms with Crippen LogP contribution in [0.3, 0.4) is 0 Å². The molecule has 0 aromatic rings. The second kappa shape index (κ2) is 3.88. The van der Waals surface area contributed by atoms with Gasteiger partial charge < -0.3 is 9.57 Å². The lowest BCUT2D eigenvalue weighted by atomic mass is 10.4. The molecule has 0 fully saturated rings. The molecule has 1 unspecified atom stereocenters. The van der Waals surface area contributed by atoms with E-state index in [2.05, 4.69) is 21.4 Å². The van der Waals surface area contributed by atoms with Crippen molar-refractivity contribution in [3.63, 3.8) is 0 Å². The highest BCUT2D eigenvalue weighted by Gasteiger charge is 2.12. The summed E-state index contributed by atoms with van der Waals surface area (Å²) in [5, 5.41) is 2.80. The minimum absolute atomic E-state index is 0.496. The Kier molecular flexibility index (Phi) is 3.43. The van der Waals surface area contributed by atoms with Gasteiger partial charge in [0.15, 0.2) is 0 Å². The van der Waals surface area contributed by atoms with E-state index in [0.29, 0.717) is 0 Å². The number of hydrogen-bond donors (Lipinski definition) is 0. The van der Waals surface area contributed by atoms with Crippen LogP contribution < -0.4 is 0 Å². The molecule has 0 rings (SSSR count). The van der Waals surface area contributed by atoms with Gasteiger partial charge in [0.05, 0.1) is 13.8 Å². The highest BCUT2D eigenvalue weighted by Crippen LogP contribution is 1.91. The van der Waals surface area contributed by atoms with Crippen LogP contribution in [-0.4, -0.2) is 25.9 Å². The number of rotatable bonds is 3. The van der Waals surface area contributed by atoms with Gasteiger partial charge in [-0.3, -0.25) is 0 Å². The maximum absolute atomic E-state index is 10.4. The average molecular weight is 130 g/mol. The molecule has 4 nitrogen and oxygen atoms in total. The molecule has 0 aromatic heterocycles. The number of esters is 1. The number of carbonyl (C=O) groups excluding carboxylic acids is 1. The Balaban J connectivity index is 3.58. The molecule has 0 bridgehead atoms. The fourth-order valence-corrected chi connectivity index (χ4v) is 0.300. The van der Waals surface area contributed by atoms with Crippen molar-refractivity contribution in [1.29, 1.82) is 0 Å². The van der Waals surface area contributed by atoms with Crippen molar-refractivity contribution < 1.29 is 14.4 Å². The maximum atomic E-state index is 10.4. The highest BCUT2D eigenvalue weighted by atomic mass is 16.7. The summed E-state index contributed by atoms with van der Waals surface area (Å²) in [7, 11) is 1.26. The standard InChI is InChI=1S/C5H8NO3/c1-4(9-6-2)5(7)8-3/h2,4H,1,3H3. The first-order valence-electron chi connectivity index (χ1n) is 2.36. The third kappa shape index (κ3) is 2.69. The van der Waals surface area contributed by atoms with E-state index in [-0.39, 0.29) is 0 Å². The van der Waals surface area contributed by atoms with Crippen molar-refractivity contribution in [3.8, 4) is 0 Å². The molecule has 0 spiro atoms. The molecule has 0 saturated carbocycles. The lowest BCUT2D eigenvalue weighted by Gasteiger charge is -2.04. The van der Waals surface area contributed by atoms with Crippen LogP contribution in [0.25, 0.3) is 0 Å². The van der Waals surface area contributed by atoms with Gasteiger partial charge >= 0.3 is 5.97 Å². The van der Waals surface area contributed by atoms with Crippen molar-refractivity contribution in [3.05, 3.63) is 0 Å². The zero-order chi connectivity index (χ0) is 7.28. The quantitative estimate of drug-likeness (QED) is 0.308. The summed E-state index contributed by atoms with van der Waals surface area (Å²) < 4.78 is 4.29. The van der Waals surface area contributed by atoms with E-state index >= 15 is 0 Å². The van der Waals surface area contributed by atoms with Gasteiger partial charge in [0.2, 0.25) is 6.10 Å². The third-order valence-corrected chi connectivity index (χ3v) is 0.752. The van der Waals surface area contributed by atoms with Crippen LogP contribution in [0.15, 0.2) is 5.16 Å². The molecule has 4 heteroatoms. The largest absolute Gasteiger partial charge is 0.466 e. The second-order valence-electron chi connectivity index (χ2n) is 1.38. The number of methoxy groups -OCH3 is 1. The van der Waals surface area contributed by atoms with E-state index < -0.39 is 12.1 Å². The fraction of sp³-hybridized carbons (Fsp3) is 0.600. The van der Waals surface area contributed by atoms with Gasteiger partial charge in [0, 0.05) is 0 Å². The topological polar surface area (TPSA) is 47.9 Å². The van der Waals surface area contributed by atoms with Crippen LogP contribution in [0.2, 0.25) is 0 Å². The molecular formula is C5H8NO3. The van der Waals surface area contributed by atoms with Gasteiger partial charge in [0.25, 0.3) is 0 Å². The van der Waals surface area contributed by atoms with Crippen LogP contribution in [0.5, 0.6) is 0 Å². The first-order chi connectivity index (χ1) is 4.22. The molecule has 0 N–H and O–H groups in total. The molecule has 9 heavy (non-hydrogen) atoms. The number of carbonyl (C=O) groups is 1. The first-order valence-corrected chi connectivity index (χ1v) is 2.36. The lowest BCUT2D eigenvalue weighted by Crippen LogP contribution is -2.19. The third-order valence-electron chi connectivity index (χ3n) is 0.752. The van der Waals surface area contributed by atoms with E-state index in [1.54, 1.807) is 0 Å². The summed E-state index contributed by atoms with van der Waals surface area (Å²) in [5.74, 6) is -0.496. The average Bonchev–Trinajstić information content (AvgIpc) is 1.87. The minimum Gasteiger partial charge on any atom is -0.466 e. The molecule has 1 atom stereocenters. The normalized spacial score (nSPS) is 11.8. The zero-order valence-corrected chi connectivity index (χ0v) is 5.33. The van der Waals surface area contributed by atoms with Gasteiger partial charge in [0.1, 0.15) is 0 Å². The Morgan fingerprint density at radius 2 is 2.33 bits per heavy atom. The van der Waals surface area contributed by atoms with Crippen molar-refractivity contribution in [2.45, 2.75) is 13.0 Å². The lowest BCUT2D eigenvalue weighted by molar-refractivity contribution is -0.152.